The Hall–Kier alpha value is -0.380. The molecule has 68 valence electrons. The number of methoxy groups -OCH3 is 1. The molecule has 0 saturated heterocycles. The molecule has 0 radical (unpaired) electrons. The average molecular weight is 185 g/mol. The van der Waals surface area contributed by atoms with E-state index in [4.69, 9.17) is 4.74 Å². The Kier molecular flexibility index (Phi) is 4.29. The number of ether oxygens (including phenoxy) is 1. The molecule has 3 heteroatoms. The highest BCUT2D eigenvalue weighted by Gasteiger charge is 1.96. The van der Waals surface area contributed by atoms with Crippen molar-refractivity contribution in [2.75, 3.05) is 20.3 Å². The topological polar surface area (TPSA) is 21.3 Å². The van der Waals surface area contributed by atoms with Gasteiger partial charge in [0.05, 0.1) is 6.61 Å². The fraction of sp³-hybridized carbons (Fsp3) is 0.556. The van der Waals surface area contributed by atoms with Gasteiger partial charge < -0.3 is 10.1 Å². The van der Waals surface area contributed by atoms with Gasteiger partial charge in [0, 0.05) is 20.2 Å². The van der Waals surface area contributed by atoms with Crippen LogP contribution in [0.1, 0.15) is 11.1 Å². The Morgan fingerprint density at radius 2 is 2.33 bits per heavy atom. The molecular weight excluding hydrogens is 170 g/mol. The van der Waals surface area contributed by atoms with E-state index < -0.39 is 0 Å². The Labute approximate surface area is 77.6 Å². The zero-order valence-electron chi connectivity index (χ0n) is 7.59. The Bertz CT molecular complexity index is 222. The summed E-state index contributed by atoms with van der Waals surface area (Å²) in [4.78, 5) is 0. The van der Waals surface area contributed by atoms with Crippen molar-refractivity contribution < 1.29 is 4.74 Å². The van der Waals surface area contributed by atoms with Crippen molar-refractivity contribution in [1.29, 1.82) is 0 Å². The molecule has 1 aromatic heterocycles. The second-order valence-electron chi connectivity index (χ2n) is 2.75. The highest BCUT2D eigenvalue weighted by molar-refractivity contribution is 7.08. The van der Waals surface area contributed by atoms with Crippen molar-refractivity contribution in [3.63, 3.8) is 0 Å². The zero-order valence-corrected chi connectivity index (χ0v) is 8.41. The van der Waals surface area contributed by atoms with Crippen LogP contribution in [-0.2, 0) is 11.3 Å². The van der Waals surface area contributed by atoms with Crippen LogP contribution in [0.4, 0.5) is 0 Å². The summed E-state index contributed by atoms with van der Waals surface area (Å²) < 4.78 is 4.93. The first-order valence-corrected chi connectivity index (χ1v) is 5.00. The van der Waals surface area contributed by atoms with Gasteiger partial charge in [-0.15, -0.1) is 0 Å². The SMILES string of the molecule is COCCNCc1cscc1C. The van der Waals surface area contributed by atoms with Gasteiger partial charge in [-0.05, 0) is 28.8 Å². The van der Waals surface area contributed by atoms with Crippen LogP contribution in [0.5, 0.6) is 0 Å². The van der Waals surface area contributed by atoms with E-state index in [9.17, 15) is 0 Å². The number of rotatable bonds is 5. The van der Waals surface area contributed by atoms with E-state index in [-0.39, 0.29) is 0 Å². The molecule has 0 amide bonds. The minimum atomic E-state index is 0.781. The van der Waals surface area contributed by atoms with Crippen molar-refractivity contribution in [3.05, 3.63) is 21.9 Å². The first kappa shape index (κ1) is 9.71. The maximum atomic E-state index is 4.93. The van der Waals surface area contributed by atoms with Crippen LogP contribution >= 0.6 is 11.3 Å². The quantitative estimate of drug-likeness (QED) is 0.706. The maximum Gasteiger partial charge on any atom is 0.0587 e. The monoisotopic (exact) mass is 185 g/mol. The summed E-state index contributed by atoms with van der Waals surface area (Å²) in [5, 5.41) is 7.67. The van der Waals surface area contributed by atoms with Gasteiger partial charge in [-0.25, -0.2) is 0 Å². The summed E-state index contributed by atoms with van der Waals surface area (Å²) in [5.41, 5.74) is 2.78. The van der Waals surface area contributed by atoms with Crippen LogP contribution in [0, 0.1) is 6.92 Å². The van der Waals surface area contributed by atoms with E-state index in [0.29, 0.717) is 0 Å². The highest BCUT2D eigenvalue weighted by atomic mass is 32.1. The summed E-state index contributed by atoms with van der Waals surface area (Å²) in [5.74, 6) is 0. The van der Waals surface area contributed by atoms with Gasteiger partial charge in [0.1, 0.15) is 0 Å². The highest BCUT2D eigenvalue weighted by Crippen LogP contribution is 2.12. The number of hydrogen-bond donors (Lipinski definition) is 1. The fourth-order valence-electron chi connectivity index (χ4n) is 0.965. The number of aryl methyl sites for hydroxylation is 1. The molecule has 12 heavy (non-hydrogen) atoms. The molecule has 1 heterocycles. The third-order valence-electron chi connectivity index (χ3n) is 1.76. The molecule has 0 aliphatic heterocycles. The van der Waals surface area contributed by atoms with Crippen molar-refractivity contribution in [2.45, 2.75) is 13.5 Å². The molecule has 1 rings (SSSR count). The molecule has 1 N–H and O–H groups in total. The molecule has 1 aromatic rings. The lowest BCUT2D eigenvalue weighted by atomic mass is 10.2. The Morgan fingerprint density at radius 1 is 1.50 bits per heavy atom. The Balaban J connectivity index is 2.20. The standard InChI is InChI=1S/C9H15NOS/c1-8-6-12-7-9(8)5-10-3-4-11-2/h6-7,10H,3-5H2,1-2H3. The van der Waals surface area contributed by atoms with E-state index >= 15 is 0 Å². The van der Waals surface area contributed by atoms with E-state index in [2.05, 4.69) is 23.0 Å². The van der Waals surface area contributed by atoms with Gasteiger partial charge in [-0.3, -0.25) is 0 Å². The second-order valence-corrected chi connectivity index (χ2v) is 3.49. The van der Waals surface area contributed by atoms with E-state index in [1.54, 1.807) is 18.4 Å². The first-order valence-electron chi connectivity index (χ1n) is 4.06. The molecule has 0 bridgehead atoms. The average Bonchev–Trinajstić information content (AvgIpc) is 2.46. The largest absolute Gasteiger partial charge is 0.383 e. The molecule has 0 aromatic carbocycles. The van der Waals surface area contributed by atoms with Crippen LogP contribution in [0.2, 0.25) is 0 Å². The predicted molar refractivity (Wildman–Crippen MR) is 52.6 cm³/mol. The first-order chi connectivity index (χ1) is 5.84. The van der Waals surface area contributed by atoms with Gasteiger partial charge in [0.25, 0.3) is 0 Å². The van der Waals surface area contributed by atoms with Gasteiger partial charge >= 0.3 is 0 Å². The summed E-state index contributed by atoms with van der Waals surface area (Å²) >= 11 is 1.76. The molecule has 0 unspecified atom stereocenters. The van der Waals surface area contributed by atoms with E-state index in [0.717, 1.165) is 19.7 Å². The smallest absolute Gasteiger partial charge is 0.0587 e. The lowest BCUT2D eigenvalue weighted by Crippen LogP contribution is -2.18. The molecule has 0 spiro atoms. The number of nitrogens with one attached hydrogen (secondary N) is 1. The van der Waals surface area contributed by atoms with Gasteiger partial charge in [0.2, 0.25) is 0 Å². The minimum absolute atomic E-state index is 0.781. The number of hydrogen-bond acceptors (Lipinski definition) is 3. The summed E-state index contributed by atoms with van der Waals surface area (Å²) in [6.07, 6.45) is 0. The third kappa shape index (κ3) is 2.93. The second kappa shape index (κ2) is 5.30. The Morgan fingerprint density at radius 3 is 2.92 bits per heavy atom. The van der Waals surface area contributed by atoms with Gasteiger partial charge in [-0.1, -0.05) is 0 Å². The lowest BCUT2D eigenvalue weighted by Gasteiger charge is -2.02. The molecule has 0 fully saturated rings. The molecule has 2 nitrogen and oxygen atoms in total. The summed E-state index contributed by atoms with van der Waals surface area (Å²) in [7, 11) is 1.72. The predicted octanol–water partition coefficient (Wildman–Crippen LogP) is 1.79. The zero-order chi connectivity index (χ0) is 8.81. The maximum absolute atomic E-state index is 4.93. The molecule has 0 saturated carbocycles. The van der Waals surface area contributed by atoms with Crippen LogP contribution in [0.25, 0.3) is 0 Å². The molecular formula is C9H15NOS. The van der Waals surface area contributed by atoms with Crippen LogP contribution < -0.4 is 5.32 Å². The van der Waals surface area contributed by atoms with E-state index in [1.807, 2.05) is 0 Å². The molecule has 0 aliphatic carbocycles. The molecule has 0 aliphatic rings. The summed E-state index contributed by atoms with van der Waals surface area (Å²) in [6.45, 7) is 4.80. The summed E-state index contributed by atoms with van der Waals surface area (Å²) in [6, 6.07) is 0. The molecule has 0 atom stereocenters. The normalized spacial score (nSPS) is 10.5. The van der Waals surface area contributed by atoms with Crippen molar-refractivity contribution >= 4 is 11.3 Å². The van der Waals surface area contributed by atoms with Crippen LogP contribution in [0.15, 0.2) is 10.8 Å². The third-order valence-corrected chi connectivity index (χ3v) is 2.67. The van der Waals surface area contributed by atoms with Crippen LogP contribution in [-0.4, -0.2) is 20.3 Å². The fourth-order valence-corrected chi connectivity index (χ4v) is 1.82. The number of thiophene rings is 1. The minimum Gasteiger partial charge on any atom is -0.383 e. The van der Waals surface area contributed by atoms with Gasteiger partial charge in [0.15, 0.2) is 0 Å². The van der Waals surface area contributed by atoms with Crippen molar-refractivity contribution in [1.82, 2.24) is 5.32 Å². The van der Waals surface area contributed by atoms with Crippen molar-refractivity contribution in [3.8, 4) is 0 Å². The van der Waals surface area contributed by atoms with Gasteiger partial charge in [-0.2, -0.15) is 11.3 Å². The lowest BCUT2D eigenvalue weighted by molar-refractivity contribution is 0.199. The van der Waals surface area contributed by atoms with Crippen LogP contribution in [0.3, 0.4) is 0 Å². The van der Waals surface area contributed by atoms with E-state index in [1.165, 1.54) is 11.1 Å². The van der Waals surface area contributed by atoms with Crippen molar-refractivity contribution in [2.24, 2.45) is 0 Å².